The number of nitrogens with two attached hydrogens (primary N) is 1. The first-order valence-electron chi connectivity index (χ1n) is 6.94. The minimum absolute atomic E-state index is 0.287. The standard InChI is InChI=1S/C16H13N5O2S/c17-14(22)13-5-6-24-15(13)21-16(23)20-12-3-1-10(2-4-12)11-7-18-9-19-8-11/h1-9H,(H2,17,22)(H2,20,21,23). The number of hydrogen-bond donors (Lipinski definition) is 3. The van der Waals surface area contributed by atoms with Crippen LogP contribution >= 0.6 is 11.3 Å². The number of aromatic nitrogens is 2. The summed E-state index contributed by atoms with van der Waals surface area (Å²) in [5.74, 6) is -0.582. The van der Waals surface area contributed by atoms with E-state index in [2.05, 4.69) is 20.6 Å². The maximum atomic E-state index is 12.0. The Morgan fingerprint density at radius 2 is 1.67 bits per heavy atom. The molecule has 0 saturated heterocycles. The van der Waals surface area contributed by atoms with E-state index in [1.165, 1.54) is 17.7 Å². The van der Waals surface area contributed by atoms with Crippen LogP contribution in [0.15, 0.2) is 54.4 Å². The van der Waals surface area contributed by atoms with Gasteiger partial charge in [-0.25, -0.2) is 14.8 Å². The first kappa shape index (κ1) is 15.6. The lowest BCUT2D eigenvalue weighted by molar-refractivity contribution is 0.100. The van der Waals surface area contributed by atoms with Crippen molar-refractivity contribution in [3.63, 3.8) is 0 Å². The zero-order valence-electron chi connectivity index (χ0n) is 12.4. The van der Waals surface area contributed by atoms with Gasteiger partial charge in [0.05, 0.1) is 5.56 Å². The zero-order valence-corrected chi connectivity index (χ0v) is 13.2. The topological polar surface area (TPSA) is 110 Å². The second kappa shape index (κ2) is 6.88. The summed E-state index contributed by atoms with van der Waals surface area (Å²) < 4.78 is 0. The van der Waals surface area contributed by atoms with Gasteiger partial charge in [0.25, 0.3) is 5.91 Å². The third kappa shape index (κ3) is 3.55. The van der Waals surface area contributed by atoms with E-state index in [0.717, 1.165) is 11.1 Å². The SMILES string of the molecule is NC(=O)c1ccsc1NC(=O)Nc1ccc(-c2cncnc2)cc1. The number of primary amides is 1. The van der Waals surface area contributed by atoms with Gasteiger partial charge in [0, 0.05) is 23.6 Å². The molecule has 0 spiro atoms. The van der Waals surface area contributed by atoms with Gasteiger partial charge >= 0.3 is 6.03 Å². The number of amides is 3. The molecule has 2 heterocycles. The number of hydrogen-bond acceptors (Lipinski definition) is 5. The summed E-state index contributed by atoms with van der Waals surface area (Å²) in [6, 6.07) is 8.37. The van der Waals surface area contributed by atoms with Crippen LogP contribution in [0.5, 0.6) is 0 Å². The van der Waals surface area contributed by atoms with Crippen molar-refractivity contribution in [3.05, 3.63) is 60.0 Å². The molecule has 0 atom stereocenters. The van der Waals surface area contributed by atoms with E-state index in [0.29, 0.717) is 10.7 Å². The predicted octanol–water partition coefficient (Wildman–Crippen LogP) is 2.95. The van der Waals surface area contributed by atoms with Crippen LogP contribution in [0.4, 0.5) is 15.5 Å². The molecule has 0 bridgehead atoms. The maximum absolute atomic E-state index is 12.0. The molecule has 3 rings (SSSR count). The van der Waals surface area contributed by atoms with E-state index in [4.69, 9.17) is 5.73 Å². The van der Waals surface area contributed by atoms with Crippen molar-refractivity contribution in [1.82, 2.24) is 9.97 Å². The van der Waals surface area contributed by atoms with E-state index in [9.17, 15) is 9.59 Å². The van der Waals surface area contributed by atoms with E-state index in [-0.39, 0.29) is 5.56 Å². The van der Waals surface area contributed by atoms with Gasteiger partial charge in [-0.3, -0.25) is 10.1 Å². The molecule has 0 radical (unpaired) electrons. The largest absolute Gasteiger partial charge is 0.366 e. The number of rotatable bonds is 4. The molecular weight excluding hydrogens is 326 g/mol. The van der Waals surface area contributed by atoms with Gasteiger partial charge in [-0.1, -0.05) is 12.1 Å². The number of thiophene rings is 1. The van der Waals surface area contributed by atoms with Gasteiger partial charge in [0.1, 0.15) is 11.3 Å². The number of anilines is 2. The summed E-state index contributed by atoms with van der Waals surface area (Å²) in [7, 11) is 0. The molecule has 0 unspecified atom stereocenters. The monoisotopic (exact) mass is 339 g/mol. The highest BCUT2D eigenvalue weighted by molar-refractivity contribution is 7.14. The Labute approximate surface area is 141 Å². The smallest absolute Gasteiger partial charge is 0.324 e. The lowest BCUT2D eigenvalue weighted by Gasteiger charge is -2.08. The van der Waals surface area contributed by atoms with E-state index in [1.54, 1.807) is 36.0 Å². The predicted molar refractivity (Wildman–Crippen MR) is 92.9 cm³/mol. The van der Waals surface area contributed by atoms with Gasteiger partial charge < -0.3 is 11.1 Å². The molecule has 0 saturated carbocycles. The zero-order chi connectivity index (χ0) is 16.9. The van der Waals surface area contributed by atoms with Crippen molar-refractivity contribution >= 4 is 34.0 Å². The molecule has 3 aromatic rings. The number of nitrogens with one attached hydrogen (secondary N) is 2. The van der Waals surface area contributed by atoms with E-state index >= 15 is 0 Å². The molecule has 4 N–H and O–H groups in total. The summed E-state index contributed by atoms with van der Waals surface area (Å²) >= 11 is 1.23. The van der Waals surface area contributed by atoms with Crippen LogP contribution in [0.25, 0.3) is 11.1 Å². The fourth-order valence-electron chi connectivity index (χ4n) is 2.06. The second-order valence-corrected chi connectivity index (χ2v) is 5.73. The molecule has 3 amide bonds. The van der Waals surface area contributed by atoms with Gasteiger partial charge in [-0.2, -0.15) is 0 Å². The molecule has 24 heavy (non-hydrogen) atoms. The Morgan fingerprint density at radius 3 is 2.33 bits per heavy atom. The highest BCUT2D eigenvalue weighted by Crippen LogP contribution is 2.23. The van der Waals surface area contributed by atoms with Gasteiger partial charge in [-0.15, -0.1) is 11.3 Å². The molecule has 0 fully saturated rings. The molecule has 2 aromatic heterocycles. The van der Waals surface area contributed by atoms with Crippen LogP contribution in [0, 0.1) is 0 Å². The third-order valence-electron chi connectivity index (χ3n) is 3.19. The van der Waals surface area contributed by atoms with Gasteiger partial charge in [0.2, 0.25) is 0 Å². The number of carbonyl (C=O) groups excluding carboxylic acids is 2. The molecule has 0 aliphatic carbocycles. The summed E-state index contributed by atoms with van der Waals surface area (Å²) in [4.78, 5) is 31.2. The van der Waals surface area contributed by atoms with Crippen molar-refractivity contribution in [2.24, 2.45) is 5.73 Å². The van der Waals surface area contributed by atoms with Crippen molar-refractivity contribution in [1.29, 1.82) is 0 Å². The van der Waals surface area contributed by atoms with Gasteiger partial charge in [-0.05, 0) is 29.1 Å². The Balaban J connectivity index is 1.67. The van der Waals surface area contributed by atoms with Crippen molar-refractivity contribution < 1.29 is 9.59 Å². The Morgan fingerprint density at radius 1 is 0.958 bits per heavy atom. The van der Waals surface area contributed by atoms with Crippen molar-refractivity contribution in [2.75, 3.05) is 10.6 Å². The second-order valence-electron chi connectivity index (χ2n) is 4.81. The molecule has 7 nitrogen and oxygen atoms in total. The van der Waals surface area contributed by atoms with E-state index < -0.39 is 11.9 Å². The Bertz CT molecular complexity index is 862. The molecule has 0 aliphatic rings. The van der Waals surface area contributed by atoms with Gasteiger partial charge in [0.15, 0.2) is 0 Å². The first-order chi connectivity index (χ1) is 11.6. The number of carbonyl (C=O) groups is 2. The van der Waals surface area contributed by atoms with Crippen LogP contribution in [0.3, 0.4) is 0 Å². The molecule has 8 heteroatoms. The minimum Gasteiger partial charge on any atom is -0.366 e. The fraction of sp³-hybridized carbons (Fsp3) is 0. The van der Waals surface area contributed by atoms with Crippen molar-refractivity contribution in [2.45, 2.75) is 0 Å². The van der Waals surface area contributed by atoms with Crippen LogP contribution < -0.4 is 16.4 Å². The molecule has 1 aromatic carbocycles. The fourth-order valence-corrected chi connectivity index (χ4v) is 2.85. The Kier molecular flexibility index (Phi) is 4.48. The minimum atomic E-state index is -0.582. The van der Waals surface area contributed by atoms with Crippen LogP contribution in [-0.2, 0) is 0 Å². The lowest BCUT2D eigenvalue weighted by Crippen LogP contribution is -2.21. The molecular formula is C16H13N5O2S. The number of urea groups is 1. The lowest BCUT2D eigenvalue weighted by atomic mass is 10.1. The average Bonchev–Trinajstić information content (AvgIpc) is 3.04. The summed E-state index contributed by atoms with van der Waals surface area (Å²) in [6.45, 7) is 0. The highest BCUT2D eigenvalue weighted by atomic mass is 32.1. The molecule has 120 valence electrons. The molecule has 0 aliphatic heterocycles. The third-order valence-corrected chi connectivity index (χ3v) is 4.02. The van der Waals surface area contributed by atoms with Crippen LogP contribution in [-0.4, -0.2) is 21.9 Å². The maximum Gasteiger partial charge on any atom is 0.324 e. The number of benzene rings is 1. The number of nitrogens with zero attached hydrogens (tertiary/aromatic N) is 2. The summed E-state index contributed by atoms with van der Waals surface area (Å²) in [6.07, 6.45) is 4.89. The first-order valence-corrected chi connectivity index (χ1v) is 7.82. The summed E-state index contributed by atoms with van der Waals surface area (Å²) in [5.41, 5.74) is 7.98. The van der Waals surface area contributed by atoms with Crippen LogP contribution in [0.1, 0.15) is 10.4 Å². The van der Waals surface area contributed by atoms with Crippen LogP contribution in [0.2, 0.25) is 0 Å². The normalized spacial score (nSPS) is 10.2. The summed E-state index contributed by atoms with van der Waals surface area (Å²) in [5, 5.41) is 7.41. The highest BCUT2D eigenvalue weighted by Gasteiger charge is 2.12. The average molecular weight is 339 g/mol. The quantitative estimate of drug-likeness (QED) is 0.678. The van der Waals surface area contributed by atoms with E-state index in [1.807, 2.05) is 12.1 Å². The van der Waals surface area contributed by atoms with Crippen molar-refractivity contribution in [3.8, 4) is 11.1 Å². The Hall–Kier alpha value is -3.26.